The van der Waals surface area contributed by atoms with Gasteiger partial charge in [-0.25, -0.2) is 0 Å². The van der Waals surface area contributed by atoms with Gasteiger partial charge in [0.2, 0.25) is 5.91 Å². The summed E-state index contributed by atoms with van der Waals surface area (Å²) >= 11 is 5.72. The summed E-state index contributed by atoms with van der Waals surface area (Å²) in [6, 6.07) is 3.42. The van der Waals surface area contributed by atoms with Crippen LogP contribution in [0.25, 0.3) is 0 Å². The Morgan fingerprint density at radius 2 is 2.14 bits per heavy atom. The molecule has 0 fully saturated rings. The molecular formula is C16H16ClN7O5. The maximum Gasteiger partial charge on any atom is 0.408 e. The summed E-state index contributed by atoms with van der Waals surface area (Å²) in [4.78, 5) is 34.7. The molecule has 3 rings (SSSR count). The Morgan fingerprint density at radius 1 is 1.34 bits per heavy atom. The van der Waals surface area contributed by atoms with E-state index in [0.717, 1.165) is 0 Å². The number of rotatable bonds is 8. The summed E-state index contributed by atoms with van der Waals surface area (Å²) in [7, 11) is 1.61. The van der Waals surface area contributed by atoms with Crippen molar-refractivity contribution in [2.45, 2.75) is 19.5 Å². The molecule has 13 heteroatoms. The summed E-state index contributed by atoms with van der Waals surface area (Å²) < 4.78 is 7.75. The molecule has 12 nitrogen and oxygen atoms in total. The van der Waals surface area contributed by atoms with E-state index in [4.69, 9.17) is 16.0 Å². The van der Waals surface area contributed by atoms with E-state index in [1.807, 2.05) is 0 Å². The van der Waals surface area contributed by atoms with Crippen LogP contribution >= 0.6 is 11.6 Å². The van der Waals surface area contributed by atoms with Crippen molar-refractivity contribution in [3.63, 3.8) is 0 Å². The Bertz CT molecular complexity index is 1040. The number of aryl methyl sites for hydroxylation is 2. The second kappa shape index (κ2) is 8.56. The molecule has 0 aliphatic rings. The molecular weight excluding hydrogens is 406 g/mol. The van der Waals surface area contributed by atoms with Gasteiger partial charge in [-0.2, -0.15) is 9.78 Å². The second-order valence-corrected chi connectivity index (χ2v) is 6.35. The summed E-state index contributed by atoms with van der Waals surface area (Å²) in [6.45, 7) is 0.244. The van der Waals surface area contributed by atoms with Gasteiger partial charge in [0.1, 0.15) is 5.76 Å². The largest absolute Gasteiger partial charge is 0.467 e. The first-order chi connectivity index (χ1) is 13.8. The van der Waals surface area contributed by atoms with Crippen LogP contribution in [0.15, 0.2) is 35.2 Å². The molecule has 3 aromatic heterocycles. The van der Waals surface area contributed by atoms with E-state index in [1.165, 1.54) is 28.0 Å². The quantitative estimate of drug-likeness (QED) is 0.415. The molecule has 0 aromatic carbocycles. The van der Waals surface area contributed by atoms with Gasteiger partial charge in [0.05, 0.1) is 36.3 Å². The van der Waals surface area contributed by atoms with Crippen molar-refractivity contribution >= 4 is 34.9 Å². The SMILES string of the molecule is Cn1cc(NC(=O)CCn2cc(Cl)c([N+](=O)[O-])n2)c(C(=O)NCc2ccco2)n1. The van der Waals surface area contributed by atoms with Crippen LogP contribution in [0.4, 0.5) is 11.5 Å². The van der Waals surface area contributed by atoms with Crippen LogP contribution in [0.1, 0.15) is 22.7 Å². The Balaban J connectivity index is 1.59. The zero-order valence-corrected chi connectivity index (χ0v) is 15.9. The zero-order chi connectivity index (χ0) is 21.0. The van der Waals surface area contributed by atoms with Gasteiger partial charge in [-0.3, -0.25) is 14.3 Å². The average Bonchev–Trinajstić information content (AvgIpc) is 3.38. The first kappa shape index (κ1) is 20.1. The van der Waals surface area contributed by atoms with Crippen LogP contribution in [0.2, 0.25) is 5.02 Å². The smallest absolute Gasteiger partial charge is 0.408 e. The Kier molecular flexibility index (Phi) is 5.93. The number of nitrogens with one attached hydrogen (secondary N) is 2. The number of hydrogen-bond acceptors (Lipinski definition) is 7. The van der Waals surface area contributed by atoms with Crippen molar-refractivity contribution in [3.05, 3.63) is 57.4 Å². The van der Waals surface area contributed by atoms with E-state index in [2.05, 4.69) is 20.8 Å². The van der Waals surface area contributed by atoms with Gasteiger partial charge in [-0.1, -0.05) is 11.6 Å². The highest BCUT2D eigenvalue weighted by atomic mass is 35.5. The van der Waals surface area contributed by atoms with E-state index < -0.39 is 22.6 Å². The topological polar surface area (TPSA) is 150 Å². The maximum absolute atomic E-state index is 12.4. The molecule has 0 bridgehead atoms. The highest BCUT2D eigenvalue weighted by molar-refractivity contribution is 6.32. The van der Waals surface area contributed by atoms with Gasteiger partial charge >= 0.3 is 5.82 Å². The molecule has 0 aliphatic heterocycles. The van der Waals surface area contributed by atoms with Crippen LogP contribution in [0.5, 0.6) is 0 Å². The van der Waals surface area contributed by atoms with Crippen LogP contribution in [0.3, 0.4) is 0 Å². The molecule has 3 aromatic rings. The first-order valence-corrected chi connectivity index (χ1v) is 8.72. The molecule has 3 heterocycles. The third-order valence-electron chi connectivity index (χ3n) is 3.76. The third-order valence-corrected chi connectivity index (χ3v) is 4.03. The average molecular weight is 422 g/mol. The lowest BCUT2D eigenvalue weighted by Crippen LogP contribution is -2.25. The van der Waals surface area contributed by atoms with Crippen molar-refractivity contribution in [2.75, 3.05) is 5.32 Å². The molecule has 0 saturated carbocycles. The molecule has 152 valence electrons. The maximum atomic E-state index is 12.4. The molecule has 0 spiro atoms. The van der Waals surface area contributed by atoms with Gasteiger partial charge in [0.15, 0.2) is 10.7 Å². The summed E-state index contributed by atoms with van der Waals surface area (Å²) in [5.74, 6) is -0.805. The van der Waals surface area contributed by atoms with Crippen LogP contribution in [-0.2, 0) is 24.9 Å². The molecule has 0 saturated heterocycles. The number of halogens is 1. The second-order valence-electron chi connectivity index (χ2n) is 5.95. The predicted molar refractivity (Wildman–Crippen MR) is 100 cm³/mol. The minimum Gasteiger partial charge on any atom is -0.467 e. The number of carbonyl (C=O) groups is 2. The Hall–Kier alpha value is -3.67. The standard InChI is InChI=1S/C16H16ClN7O5/c1-22-9-12(14(20-22)16(26)18-7-10-3-2-6-29-10)19-13(25)4-5-23-8-11(17)15(21-23)24(27)28/h2-3,6,8-9H,4-5,7H2,1H3,(H,18,26)(H,19,25). The molecule has 0 aliphatic carbocycles. The fourth-order valence-electron chi connectivity index (χ4n) is 2.47. The lowest BCUT2D eigenvalue weighted by atomic mass is 10.3. The summed E-state index contributed by atoms with van der Waals surface area (Å²) in [6.07, 6.45) is 4.21. The Labute approximate surface area is 168 Å². The number of carbonyl (C=O) groups excluding carboxylic acids is 2. The predicted octanol–water partition coefficient (Wildman–Crippen LogP) is 1.73. The lowest BCUT2D eigenvalue weighted by molar-refractivity contribution is -0.389. The molecule has 29 heavy (non-hydrogen) atoms. The van der Waals surface area contributed by atoms with E-state index in [1.54, 1.807) is 19.2 Å². The third kappa shape index (κ3) is 4.99. The minimum absolute atomic E-state index is 0.0441. The molecule has 0 atom stereocenters. The zero-order valence-electron chi connectivity index (χ0n) is 15.2. The van der Waals surface area contributed by atoms with E-state index in [0.29, 0.717) is 5.76 Å². The number of hydrogen-bond donors (Lipinski definition) is 2. The Morgan fingerprint density at radius 3 is 2.79 bits per heavy atom. The number of amides is 2. The first-order valence-electron chi connectivity index (χ1n) is 8.35. The van der Waals surface area contributed by atoms with Crippen molar-refractivity contribution in [1.82, 2.24) is 24.9 Å². The highest BCUT2D eigenvalue weighted by Gasteiger charge is 2.21. The van der Waals surface area contributed by atoms with Gasteiger partial charge in [0, 0.05) is 19.7 Å². The monoisotopic (exact) mass is 421 g/mol. The van der Waals surface area contributed by atoms with Crippen molar-refractivity contribution in [1.29, 1.82) is 0 Å². The molecule has 0 unspecified atom stereocenters. The number of anilines is 1. The highest BCUT2D eigenvalue weighted by Crippen LogP contribution is 2.21. The fourth-order valence-corrected chi connectivity index (χ4v) is 2.69. The van der Waals surface area contributed by atoms with Gasteiger partial charge in [0.25, 0.3) is 5.91 Å². The van der Waals surface area contributed by atoms with Gasteiger partial charge in [-0.05, 0) is 17.1 Å². The fraction of sp³-hybridized carbons (Fsp3) is 0.250. The van der Waals surface area contributed by atoms with Crippen molar-refractivity contribution < 1.29 is 18.9 Å². The number of nitrogens with zero attached hydrogens (tertiary/aromatic N) is 5. The lowest BCUT2D eigenvalue weighted by Gasteiger charge is -2.05. The van der Waals surface area contributed by atoms with Gasteiger partial charge < -0.3 is 25.2 Å². The molecule has 0 radical (unpaired) electrons. The van der Waals surface area contributed by atoms with Crippen LogP contribution in [0, 0.1) is 10.1 Å². The molecule has 2 N–H and O–H groups in total. The summed E-state index contributed by atoms with van der Waals surface area (Å²) in [5.41, 5.74) is 0.282. The van der Waals surface area contributed by atoms with E-state index >= 15 is 0 Å². The normalized spacial score (nSPS) is 10.7. The summed E-state index contributed by atoms with van der Waals surface area (Å²) in [5, 5.41) is 23.7. The number of furan rings is 1. The number of aromatic nitrogens is 4. The van der Waals surface area contributed by atoms with Crippen molar-refractivity contribution in [3.8, 4) is 0 Å². The van der Waals surface area contributed by atoms with Crippen molar-refractivity contribution in [2.24, 2.45) is 7.05 Å². The number of nitro groups is 1. The van der Waals surface area contributed by atoms with Gasteiger partial charge in [-0.15, -0.1) is 0 Å². The van der Waals surface area contributed by atoms with Crippen LogP contribution in [-0.4, -0.2) is 36.3 Å². The van der Waals surface area contributed by atoms with Crippen LogP contribution < -0.4 is 10.6 Å². The minimum atomic E-state index is -0.706. The molecule has 2 amide bonds. The van der Waals surface area contributed by atoms with E-state index in [9.17, 15) is 19.7 Å². The van der Waals surface area contributed by atoms with E-state index in [-0.39, 0.29) is 35.9 Å².